The Morgan fingerprint density at radius 1 is 1.40 bits per heavy atom. The van der Waals surface area contributed by atoms with Crippen molar-refractivity contribution in [2.24, 2.45) is 11.7 Å². The number of nitrogens with zero attached hydrogens (tertiary/aromatic N) is 1. The molecule has 0 aliphatic carbocycles. The standard InChI is InChI=1S/C16H23BrN2O/c17-14-3-4-16-13(8-14)9-15(20-16)11-19-7-1-2-12(10-19)5-6-18/h3-4,8,12,15H,1-2,5-7,9-11,18H2. The van der Waals surface area contributed by atoms with Gasteiger partial charge in [0.05, 0.1) is 0 Å². The third kappa shape index (κ3) is 3.35. The second-order valence-corrected chi connectivity index (χ2v) is 6.96. The lowest BCUT2D eigenvalue weighted by Gasteiger charge is -2.33. The molecule has 0 amide bonds. The quantitative estimate of drug-likeness (QED) is 0.917. The first-order chi connectivity index (χ1) is 9.74. The Balaban J connectivity index is 1.55. The van der Waals surface area contributed by atoms with Gasteiger partial charge in [-0.05, 0) is 62.0 Å². The molecule has 1 fully saturated rings. The number of hydrogen-bond donors (Lipinski definition) is 1. The van der Waals surface area contributed by atoms with Gasteiger partial charge >= 0.3 is 0 Å². The second-order valence-electron chi connectivity index (χ2n) is 6.04. The SMILES string of the molecule is NCCC1CCCN(CC2Cc3cc(Br)ccc3O2)C1. The van der Waals surface area contributed by atoms with E-state index in [0.717, 1.165) is 42.1 Å². The smallest absolute Gasteiger partial charge is 0.123 e. The Labute approximate surface area is 129 Å². The van der Waals surface area contributed by atoms with Gasteiger partial charge in [-0.3, -0.25) is 4.90 Å². The van der Waals surface area contributed by atoms with Crippen molar-refractivity contribution in [1.82, 2.24) is 4.90 Å². The highest BCUT2D eigenvalue weighted by atomic mass is 79.9. The van der Waals surface area contributed by atoms with Gasteiger partial charge in [0, 0.05) is 24.0 Å². The molecule has 2 atom stereocenters. The number of rotatable bonds is 4. The molecule has 1 aromatic carbocycles. The number of fused-ring (bicyclic) bond motifs is 1. The first-order valence-corrected chi connectivity index (χ1v) is 8.41. The molecule has 1 aromatic rings. The summed E-state index contributed by atoms with van der Waals surface area (Å²) in [6.45, 7) is 4.27. The van der Waals surface area contributed by atoms with Gasteiger partial charge in [-0.1, -0.05) is 15.9 Å². The highest BCUT2D eigenvalue weighted by Gasteiger charge is 2.27. The minimum absolute atomic E-state index is 0.316. The average Bonchev–Trinajstić information content (AvgIpc) is 2.81. The summed E-state index contributed by atoms with van der Waals surface area (Å²) in [6.07, 6.45) is 5.15. The molecule has 2 unspecified atom stereocenters. The Kier molecular flexibility index (Phi) is 4.64. The number of hydrogen-bond acceptors (Lipinski definition) is 3. The molecular weight excluding hydrogens is 316 g/mol. The molecule has 3 nitrogen and oxygen atoms in total. The van der Waals surface area contributed by atoms with E-state index in [2.05, 4.69) is 39.0 Å². The Hall–Kier alpha value is -0.580. The van der Waals surface area contributed by atoms with Gasteiger partial charge in [0.25, 0.3) is 0 Å². The zero-order chi connectivity index (χ0) is 13.9. The largest absolute Gasteiger partial charge is 0.488 e. The molecule has 2 heterocycles. The van der Waals surface area contributed by atoms with Crippen molar-refractivity contribution in [2.75, 3.05) is 26.2 Å². The van der Waals surface area contributed by atoms with Crippen molar-refractivity contribution in [3.63, 3.8) is 0 Å². The fourth-order valence-corrected chi connectivity index (χ4v) is 3.88. The number of likely N-dealkylation sites (tertiary alicyclic amines) is 1. The molecule has 0 saturated carbocycles. The van der Waals surface area contributed by atoms with Crippen molar-refractivity contribution in [3.05, 3.63) is 28.2 Å². The summed E-state index contributed by atoms with van der Waals surface area (Å²) in [5, 5.41) is 0. The van der Waals surface area contributed by atoms with E-state index < -0.39 is 0 Å². The van der Waals surface area contributed by atoms with Crippen molar-refractivity contribution in [2.45, 2.75) is 31.8 Å². The summed E-state index contributed by atoms with van der Waals surface area (Å²) in [5.41, 5.74) is 7.03. The van der Waals surface area contributed by atoms with Crippen molar-refractivity contribution in [3.8, 4) is 5.75 Å². The molecule has 0 aromatic heterocycles. The van der Waals surface area contributed by atoms with Crippen molar-refractivity contribution < 1.29 is 4.74 Å². The molecule has 2 aliphatic heterocycles. The van der Waals surface area contributed by atoms with Crippen LogP contribution in [0.5, 0.6) is 5.75 Å². The maximum absolute atomic E-state index is 6.07. The first-order valence-electron chi connectivity index (χ1n) is 7.62. The molecule has 110 valence electrons. The van der Waals surface area contributed by atoms with E-state index in [1.54, 1.807) is 0 Å². The molecular formula is C16H23BrN2O. The van der Waals surface area contributed by atoms with E-state index in [0.29, 0.717) is 6.10 Å². The number of piperidine rings is 1. The van der Waals surface area contributed by atoms with Crippen LogP contribution in [0.4, 0.5) is 0 Å². The monoisotopic (exact) mass is 338 g/mol. The van der Waals surface area contributed by atoms with Crippen LogP contribution in [0.15, 0.2) is 22.7 Å². The van der Waals surface area contributed by atoms with E-state index in [1.165, 1.54) is 31.5 Å². The van der Waals surface area contributed by atoms with Gasteiger partial charge in [-0.15, -0.1) is 0 Å². The molecule has 2 aliphatic rings. The summed E-state index contributed by atoms with van der Waals surface area (Å²) < 4.78 is 7.21. The van der Waals surface area contributed by atoms with Crippen LogP contribution in [-0.2, 0) is 6.42 Å². The van der Waals surface area contributed by atoms with E-state index in [9.17, 15) is 0 Å². The zero-order valence-corrected chi connectivity index (χ0v) is 13.4. The highest BCUT2D eigenvalue weighted by Crippen LogP contribution is 2.32. The van der Waals surface area contributed by atoms with Crippen LogP contribution in [0.25, 0.3) is 0 Å². The summed E-state index contributed by atoms with van der Waals surface area (Å²) >= 11 is 3.53. The molecule has 20 heavy (non-hydrogen) atoms. The first kappa shape index (κ1) is 14.4. The second kappa shape index (κ2) is 6.46. The maximum atomic E-state index is 6.07. The Morgan fingerprint density at radius 2 is 2.30 bits per heavy atom. The minimum atomic E-state index is 0.316. The molecule has 0 bridgehead atoms. The molecule has 0 radical (unpaired) electrons. The van der Waals surface area contributed by atoms with Gasteiger partial charge in [-0.2, -0.15) is 0 Å². The zero-order valence-electron chi connectivity index (χ0n) is 11.9. The highest BCUT2D eigenvalue weighted by molar-refractivity contribution is 9.10. The molecule has 3 rings (SSSR count). The summed E-state index contributed by atoms with van der Waals surface area (Å²) in [7, 11) is 0. The third-order valence-corrected chi connectivity index (χ3v) is 4.90. The molecule has 0 spiro atoms. The fraction of sp³-hybridized carbons (Fsp3) is 0.625. The number of benzene rings is 1. The van der Waals surface area contributed by atoms with E-state index >= 15 is 0 Å². The topological polar surface area (TPSA) is 38.5 Å². The van der Waals surface area contributed by atoms with Crippen LogP contribution < -0.4 is 10.5 Å². The van der Waals surface area contributed by atoms with Gasteiger partial charge < -0.3 is 10.5 Å². The van der Waals surface area contributed by atoms with Crippen LogP contribution in [-0.4, -0.2) is 37.2 Å². The predicted molar refractivity (Wildman–Crippen MR) is 85.1 cm³/mol. The lowest BCUT2D eigenvalue weighted by molar-refractivity contribution is 0.109. The lowest BCUT2D eigenvalue weighted by atomic mass is 9.94. The third-order valence-electron chi connectivity index (χ3n) is 4.40. The van der Waals surface area contributed by atoms with Crippen LogP contribution in [0.2, 0.25) is 0 Å². The van der Waals surface area contributed by atoms with Gasteiger partial charge in [0.15, 0.2) is 0 Å². The Bertz CT molecular complexity index is 464. The Morgan fingerprint density at radius 3 is 3.15 bits per heavy atom. The lowest BCUT2D eigenvalue weighted by Crippen LogP contribution is -2.41. The molecule has 4 heteroatoms. The van der Waals surface area contributed by atoms with Gasteiger partial charge in [-0.25, -0.2) is 0 Å². The van der Waals surface area contributed by atoms with Crippen molar-refractivity contribution in [1.29, 1.82) is 0 Å². The summed E-state index contributed by atoms with van der Waals surface area (Å²) in [4.78, 5) is 2.56. The van der Waals surface area contributed by atoms with Gasteiger partial charge in [0.1, 0.15) is 11.9 Å². The van der Waals surface area contributed by atoms with Gasteiger partial charge in [0.2, 0.25) is 0 Å². The van der Waals surface area contributed by atoms with Crippen LogP contribution in [0.3, 0.4) is 0 Å². The number of halogens is 1. The number of ether oxygens (including phenoxy) is 1. The predicted octanol–water partition coefficient (Wildman–Crippen LogP) is 2.81. The van der Waals surface area contributed by atoms with E-state index in [4.69, 9.17) is 10.5 Å². The van der Waals surface area contributed by atoms with Crippen molar-refractivity contribution >= 4 is 15.9 Å². The number of nitrogens with two attached hydrogens (primary N) is 1. The van der Waals surface area contributed by atoms with E-state index in [1.807, 2.05) is 0 Å². The van der Waals surface area contributed by atoms with Crippen LogP contribution in [0.1, 0.15) is 24.8 Å². The maximum Gasteiger partial charge on any atom is 0.123 e. The molecule has 1 saturated heterocycles. The van der Waals surface area contributed by atoms with E-state index in [-0.39, 0.29) is 0 Å². The van der Waals surface area contributed by atoms with Crippen LogP contribution in [0, 0.1) is 5.92 Å². The summed E-state index contributed by atoms with van der Waals surface area (Å²) in [6, 6.07) is 6.31. The normalized spacial score (nSPS) is 26.3. The minimum Gasteiger partial charge on any atom is -0.488 e. The summed E-state index contributed by atoms with van der Waals surface area (Å²) in [5.74, 6) is 1.85. The molecule has 2 N–H and O–H groups in total. The average molecular weight is 339 g/mol. The van der Waals surface area contributed by atoms with Crippen LogP contribution >= 0.6 is 15.9 Å². The fourth-order valence-electron chi connectivity index (χ4n) is 3.47.